The van der Waals surface area contributed by atoms with Crippen LogP contribution in [0.3, 0.4) is 0 Å². The normalized spacial score (nSPS) is 10.5. The van der Waals surface area contributed by atoms with Gasteiger partial charge >= 0.3 is 0 Å². The number of anilines is 1. The molecule has 0 aliphatic heterocycles. The van der Waals surface area contributed by atoms with Gasteiger partial charge in [0.2, 0.25) is 0 Å². The third-order valence-corrected chi connectivity index (χ3v) is 3.54. The van der Waals surface area contributed by atoms with Crippen LogP contribution in [0.1, 0.15) is 0 Å². The summed E-state index contributed by atoms with van der Waals surface area (Å²) in [5.74, 6) is -0.245. The summed E-state index contributed by atoms with van der Waals surface area (Å²) in [6, 6.07) is 5.19. The van der Waals surface area contributed by atoms with Crippen LogP contribution in [-0.4, -0.2) is 24.6 Å². The van der Waals surface area contributed by atoms with E-state index in [1.54, 1.807) is 18.2 Å². The smallest absolute Gasteiger partial charge is 0.252 e. The summed E-state index contributed by atoms with van der Waals surface area (Å²) in [4.78, 5) is 15.7. The van der Waals surface area contributed by atoms with Crippen LogP contribution in [-0.2, 0) is 9.53 Å². The number of halogens is 2. The van der Waals surface area contributed by atoms with Crippen LogP contribution in [0.2, 0.25) is 10.0 Å². The first kappa shape index (κ1) is 14.3. The highest BCUT2D eigenvalue weighted by Gasteiger charge is 2.10. The maximum Gasteiger partial charge on any atom is 0.252 e. The van der Waals surface area contributed by atoms with Crippen LogP contribution in [0.25, 0.3) is 11.3 Å². The number of rotatable bonds is 4. The number of methoxy groups -OCH3 is 1. The lowest BCUT2D eigenvalue weighted by Crippen LogP contribution is -2.16. The molecule has 1 N–H and O–H groups in total. The van der Waals surface area contributed by atoms with E-state index < -0.39 is 0 Å². The van der Waals surface area contributed by atoms with Crippen molar-refractivity contribution in [3.63, 3.8) is 0 Å². The molecule has 0 radical (unpaired) electrons. The molecular weight excluding hydrogens is 307 g/mol. The van der Waals surface area contributed by atoms with Crippen molar-refractivity contribution in [2.75, 3.05) is 19.0 Å². The largest absolute Gasteiger partial charge is 0.375 e. The molecule has 0 unspecified atom stereocenters. The number of hydrogen-bond acceptors (Lipinski definition) is 4. The number of ether oxygens (including phenoxy) is 1. The van der Waals surface area contributed by atoms with Gasteiger partial charge in [-0.15, -0.1) is 11.3 Å². The van der Waals surface area contributed by atoms with E-state index >= 15 is 0 Å². The third-order valence-electron chi connectivity index (χ3n) is 2.23. The molecule has 2 aromatic rings. The zero-order valence-corrected chi connectivity index (χ0v) is 12.3. The quantitative estimate of drug-likeness (QED) is 0.935. The summed E-state index contributed by atoms with van der Waals surface area (Å²) in [5, 5.41) is 6.05. The summed E-state index contributed by atoms with van der Waals surface area (Å²) in [7, 11) is 1.46. The van der Waals surface area contributed by atoms with Crippen LogP contribution in [0, 0.1) is 0 Å². The lowest BCUT2D eigenvalue weighted by molar-refractivity contribution is -0.119. The van der Waals surface area contributed by atoms with Crippen LogP contribution in [0.4, 0.5) is 5.13 Å². The van der Waals surface area contributed by atoms with Crippen molar-refractivity contribution in [1.82, 2.24) is 4.98 Å². The van der Waals surface area contributed by atoms with Gasteiger partial charge in [-0.05, 0) is 18.2 Å². The standard InChI is InChI=1S/C12H10Cl2N2O2S/c1-18-5-11(17)16-12-15-10(6-19-12)8-3-2-7(13)4-9(8)14/h2-4,6H,5H2,1H3,(H,15,16,17). The van der Waals surface area contributed by atoms with E-state index in [1.807, 2.05) is 5.38 Å². The zero-order chi connectivity index (χ0) is 13.8. The van der Waals surface area contributed by atoms with Crippen molar-refractivity contribution in [2.24, 2.45) is 0 Å². The third kappa shape index (κ3) is 3.67. The molecule has 0 aliphatic carbocycles. The lowest BCUT2D eigenvalue weighted by Gasteiger charge is -2.01. The predicted octanol–water partition coefficient (Wildman–Crippen LogP) is 3.70. The molecule has 100 valence electrons. The second-order valence-electron chi connectivity index (χ2n) is 3.64. The number of nitrogens with one attached hydrogen (secondary N) is 1. The highest BCUT2D eigenvalue weighted by Crippen LogP contribution is 2.32. The molecule has 7 heteroatoms. The molecule has 0 spiro atoms. The molecule has 1 aromatic heterocycles. The molecule has 0 saturated carbocycles. The number of benzene rings is 1. The molecule has 1 amide bonds. The van der Waals surface area contributed by atoms with Gasteiger partial charge in [-0.25, -0.2) is 4.98 Å². The summed E-state index contributed by atoms with van der Waals surface area (Å²) in [6.07, 6.45) is 0. The number of hydrogen-bond donors (Lipinski definition) is 1. The van der Waals surface area contributed by atoms with E-state index in [0.717, 1.165) is 5.56 Å². The van der Waals surface area contributed by atoms with Crippen molar-refractivity contribution >= 4 is 45.6 Å². The van der Waals surface area contributed by atoms with E-state index in [-0.39, 0.29) is 12.5 Å². The molecule has 2 rings (SSSR count). The Kier molecular flexibility index (Phi) is 4.76. The molecule has 1 heterocycles. The molecule has 0 aliphatic rings. The number of carbonyl (C=O) groups excluding carboxylic acids is 1. The van der Waals surface area contributed by atoms with Crippen LogP contribution in [0.5, 0.6) is 0 Å². The average Bonchev–Trinajstić information content (AvgIpc) is 2.77. The molecule has 0 fully saturated rings. The Morgan fingerprint density at radius 2 is 2.26 bits per heavy atom. The highest BCUT2D eigenvalue weighted by molar-refractivity contribution is 7.14. The molecule has 0 atom stereocenters. The first-order valence-corrected chi connectivity index (χ1v) is 6.93. The second kappa shape index (κ2) is 6.34. The fraction of sp³-hybridized carbons (Fsp3) is 0.167. The van der Waals surface area contributed by atoms with E-state index in [0.29, 0.717) is 20.9 Å². The highest BCUT2D eigenvalue weighted by atomic mass is 35.5. The number of nitrogens with zero attached hydrogens (tertiary/aromatic N) is 1. The SMILES string of the molecule is COCC(=O)Nc1nc(-c2ccc(Cl)cc2Cl)cs1. The summed E-state index contributed by atoms with van der Waals surface area (Å²) in [5.41, 5.74) is 1.47. The van der Waals surface area contributed by atoms with Crippen LogP contribution >= 0.6 is 34.5 Å². The second-order valence-corrected chi connectivity index (χ2v) is 5.34. The van der Waals surface area contributed by atoms with Gasteiger partial charge < -0.3 is 4.74 Å². The van der Waals surface area contributed by atoms with Gasteiger partial charge in [0.1, 0.15) is 6.61 Å². The van der Waals surface area contributed by atoms with Gasteiger partial charge in [-0.1, -0.05) is 23.2 Å². The first-order chi connectivity index (χ1) is 9.10. The maximum atomic E-state index is 11.4. The minimum atomic E-state index is -0.245. The van der Waals surface area contributed by atoms with Gasteiger partial charge in [0.25, 0.3) is 5.91 Å². The van der Waals surface area contributed by atoms with Crippen molar-refractivity contribution in [3.8, 4) is 11.3 Å². The molecule has 19 heavy (non-hydrogen) atoms. The van der Waals surface area contributed by atoms with Gasteiger partial charge in [-0.3, -0.25) is 10.1 Å². The average molecular weight is 317 g/mol. The topological polar surface area (TPSA) is 51.2 Å². The van der Waals surface area contributed by atoms with E-state index in [9.17, 15) is 4.79 Å². The number of thiazole rings is 1. The number of carbonyl (C=O) groups is 1. The van der Waals surface area contributed by atoms with Gasteiger partial charge in [0.15, 0.2) is 5.13 Å². The Morgan fingerprint density at radius 1 is 1.47 bits per heavy atom. The van der Waals surface area contributed by atoms with Crippen molar-refractivity contribution in [1.29, 1.82) is 0 Å². The monoisotopic (exact) mass is 316 g/mol. The van der Waals surface area contributed by atoms with E-state index in [4.69, 9.17) is 27.9 Å². The van der Waals surface area contributed by atoms with E-state index in [2.05, 4.69) is 10.3 Å². The number of amides is 1. The fourth-order valence-corrected chi connectivity index (χ4v) is 2.67. The predicted molar refractivity (Wildman–Crippen MR) is 78.1 cm³/mol. The van der Waals surface area contributed by atoms with Crippen molar-refractivity contribution in [3.05, 3.63) is 33.6 Å². The van der Waals surface area contributed by atoms with E-state index in [1.165, 1.54) is 18.4 Å². The fourth-order valence-electron chi connectivity index (χ4n) is 1.44. The van der Waals surface area contributed by atoms with Gasteiger partial charge in [-0.2, -0.15) is 0 Å². The Labute approximate surface area is 124 Å². The zero-order valence-electron chi connectivity index (χ0n) is 9.94. The molecule has 0 bridgehead atoms. The van der Waals surface area contributed by atoms with Crippen molar-refractivity contribution in [2.45, 2.75) is 0 Å². The van der Waals surface area contributed by atoms with Crippen LogP contribution < -0.4 is 5.32 Å². The minimum absolute atomic E-state index is 0.00336. The first-order valence-electron chi connectivity index (χ1n) is 5.30. The Morgan fingerprint density at radius 3 is 2.95 bits per heavy atom. The Bertz CT molecular complexity index is 601. The summed E-state index contributed by atoms with van der Waals surface area (Å²) < 4.78 is 4.73. The lowest BCUT2D eigenvalue weighted by atomic mass is 10.2. The minimum Gasteiger partial charge on any atom is -0.375 e. The van der Waals surface area contributed by atoms with Crippen molar-refractivity contribution < 1.29 is 9.53 Å². The molecule has 4 nitrogen and oxygen atoms in total. The summed E-state index contributed by atoms with van der Waals surface area (Å²) >= 11 is 13.3. The van der Waals surface area contributed by atoms with Gasteiger partial charge in [0, 0.05) is 23.1 Å². The number of aromatic nitrogens is 1. The molecular formula is C12H10Cl2N2O2S. The van der Waals surface area contributed by atoms with Crippen LogP contribution in [0.15, 0.2) is 23.6 Å². The molecule has 1 aromatic carbocycles. The summed E-state index contributed by atoms with van der Waals surface area (Å²) in [6.45, 7) is -0.00336. The van der Waals surface area contributed by atoms with Gasteiger partial charge in [0.05, 0.1) is 10.7 Å². The Hall–Kier alpha value is -1.14. The maximum absolute atomic E-state index is 11.4. The molecule has 0 saturated heterocycles. The Balaban J connectivity index is 2.18.